The number of esters is 1. The van der Waals surface area contributed by atoms with Gasteiger partial charge in [-0.2, -0.15) is 0 Å². The number of rotatable bonds is 4. The summed E-state index contributed by atoms with van der Waals surface area (Å²) in [6.07, 6.45) is 3.48. The number of likely N-dealkylation sites (N-methyl/N-ethyl adjacent to an activating group) is 1. The van der Waals surface area contributed by atoms with Crippen molar-refractivity contribution in [2.75, 3.05) is 14.1 Å². The number of fused-ring (bicyclic) bond motifs is 3. The van der Waals surface area contributed by atoms with Gasteiger partial charge in [-0.15, -0.1) is 0 Å². The number of ether oxygens (including phenoxy) is 1. The van der Waals surface area contributed by atoms with Crippen molar-refractivity contribution in [3.05, 3.63) is 70.9 Å². The molecule has 0 fully saturated rings. The van der Waals surface area contributed by atoms with Crippen LogP contribution in [-0.4, -0.2) is 35.9 Å². The van der Waals surface area contributed by atoms with E-state index in [0.29, 0.717) is 11.1 Å². The highest BCUT2D eigenvalue weighted by atomic mass is 16.5. The molecular weight excluding hydrogens is 352 g/mol. The van der Waals surface area contributed by atoms with Gasteiger partial charge in [0.15, 0.2) is 0 Å². The molecule has 5 heteroatoms. The van der Waals surface area contributed by atoms with Crippen LogP contribution in [0.3, 0.4) is 0 Å². The first-order valence-corrected chi connectivity index (χ1v) is 9.65. The molecule has 1 N–H and O–H groups in total. The van der Waals surface area contributed by atoms with Crippen molar-refractivity contribution < 1.29 is 14.3 Å². The SMILES string of the molecule is CN(C)C(=O)C(OC(=O)c1ccc2[nH]c3c(c2c1)CCCC3)c1ccccc1. The lowest BCUT2D eigenvalue weighted by atomic mass is 9.95. The Hall–Kier alpha value is -3.08. The van der Waals surface area contributed by atoms with Crippen molar-refractivity contribution in [3.8, 4) is 0 Å². The standard InChI is InChI=1S/C23H24N2O3/c1-25(2)22(26)21(15-8-4-3-5-9-15)28-23(27)16-12-13-20-18(14-16)17-10-6-7-11-19(17)24-20/h3-5,8-9,12-14,21,24H,6-7,10-11H2,1-2H3. The molecule has 1 unspecified atom stereocenters. The lowest BCUT2D eigenvalue weighted by Gasteiger charge is -2.21. The molecule has 28 heavy (non-hydrogen) atoms. The second-order valence-corrected chi connectivity index (χ2v) is 7.48. The Labute approximate surface area is 164 Å². The van der Waals surface area contributed by atoms with Crippen LogP contribution in [0.2, 0.25) is 0 Å². The van der Waals surface area contributed by atoms with E-state index in [1.54, 1.807) is 32.3 Å². The van der Waals surface area contributed by atoms with Crippen LogP contribution < -0.4 is 0 Å². The smallest absolute Gasteiger partial charge is 0.339 e. The predicted octanol–water partition coefficient (Wildman–Crippen LogP) is 4.03. The number of benzene rings is 2. The van der Waals surface area contributed by atoms with E-state index in [2.05, 4.69) is 4.98 Å². The predicted molar refractivity (Wildman–Crippen MR) is 108 cm³/mol. The van der Waals surface area contributed by atoms with Gasteiger partial charge in [0.2, 0.25) is 6.10 Å². The maximum atomic E-state index is 12.9. The minimum Gasteiger partial charge on any atom is -0.444 e. The molecule has 0 saturated carbocycles. The number of carbonyl (C=O) groups excluding carboxylic acids is 2. The molecule has 3 aromatic rings. The number of carbonyl (C=O) groups is 2. The average molecular weight is 376 g/mol. The van der Waals surface area contributed by atoms with Gasteiger partial charge >= 0.3 is 5.97 Å². The fourth-order valence-electron chi connectivity index (χ4n) is 3.83. The highest BCUT2D eigenvalue weighted by Gasteiger charge is 2.27. The van der Waals surface area contributed by atoms with Crippen molar-refractivity contribution in [1.29, 1.82) is 0 Å². The summed E-state index contributed by atoms with van der Waals surface area (Å²) in [7, 11) is 3.31. The Morgan fingerprint density at radius 3 is 2.54 bits per heavy atom. The van der Waals surface area contributed by atoms with E-state index in [0.717, 1.165) is 23.7 Å². The van der Waals surface area contributed by atoms with Crippen LogP contribution >= 0.6 is 0 Å². The van der Waals surface area contributed by atoms with Gasteiger partial charge in [0.25, 0.3) is 5.91 Å². The van der Waals surface area contributed by atoms with E-state index in [9.17, 15) is 9.59 Å². The molecule has 1 aliphatic carbocycles. The topological polar surface area (TPSA) is 62.4 Å². The number of hydrogen-bond donors (Lipinski definition) is 1. The molecule has 0 bridgehead atoms. The summed E-state index contributed by atoms with van der Waals surface area (Å²) < 4.78 is 5.67. The Bertz CT molecular complexity index is 1020. The van der Waals surface area contributed by atoms with Gasteiger partial charge in [-0.25, -0.2) is 4.79 Å². The summed E-state index contributed by atoms with van der Waals surface area (Å²) in [5.41, 5.74) is 4.76. The number of nitrogens with one attached hydrogen (secondary N) is 1. The summed E-state index contributed by atoms with van der Waals surface area (Å²) in [6.45, 7) is 0. The molecule has 0 aliphatic heterocycles. The summed E-state index contributed by atoms with van der Waals surface area (Å²) in [6, 6.07) is 14.7. The van der Waals surface area contributed by atoms with Crippen molar-refractivity contribution in [2.45, 2.75) is 31.8 Å². The fraction of sp³-hybridized carbons (Fsp3) is 0.304. The lowest BCUT2D eigenvalue weighted by molar-refractivity contribution is -0.138. The van der Waals surface area contributed by atoms with Gasteiger partial charge in [-0.05, 0) is 49.4 Å². The van der Waals surface area contributed by atoms with Gasteiger partial charge in [-0.1, -0.05) is 30.3 Å². The number of nitrogens with zero attached hydrogens (tertiary/aromatic N) is 1. The molecule has 0 spiro atoms. The fourth-order valence-corrected chi connectivity index (χ4v) is 3.83. The van der Waals surface area contributed by atoms with Crippen LogP contribution in [0.25, 0.3) is 10.9 Å². The molecule has 0 saturated heterocycles. The minimum absolute atomic E-state index is 0.264. The van der Waals surface area contributed by atoms with Gasteiger partial charge in [0.05, 0.1) is 5.56 Å². The summed E-state index contributed by atoms with van der Waals surface area (Å²) in [5.74, 6) is -0.753. The third-order valence-electron chi connectivity index (χ3n) is 5.33. The average Bonchev–Trinajstić information content (AvgIpc) is 3.09. The van der Waals surface area contributed by atoms with Crippen molar-refractivity contribution in [2.24, 2.45) is 0 Å². The summed E-state index contributed by atoms with van der Waals surface area (Å²) in [5, 5.41) is 1.08. The van der Waals surface area contributed by atoms with Crippen LogP contribution in [0.5, 0.6) is 0 Å². The van der Waals surface area contributed by atoms with Gasteiger partial charge < -0.3 is 14.6 Å². The first-order chi connectivity index (χ1) is 13.5. The van der Waals surface area contributed by atoms with Crippen molar-refractivity contribution in [3.63, 3.8) is 0 Å². The minimum atomic E-state index is -0.959. The third-order valence-corrected chi connectivity index (χ3v) is 5.33. The van der Waals surface area contributed by atoms with Crippen LogP contribution in [0.1, 0.15) is 46.1 Å². The quantitative estimate of drug-likeness (QED) is 0.699. The highest BCUT2D eigenvalue weighted by Crippen LogP contribution is 2.30. The molecule has 5 nitrogen and oxygen atoms in total. The third kappa shape index (κ3) is 3.40. The lowest BCUT2D eigenvalue weighted by Crippen LogP contribution is -2.31. The molecule has 4 rings (SSSR count). The van der Waals surface area contributed by atoms with E-state index < -0.39 is 12.1 Å². The normalized spacial score (nSPS) is 14.4. The molecule has 144 valence electrons. The van der Waals surface area contributed by atoms with Crippen LogP contribution in [0, 0.1) is 0 Å². The number of aryl methyl sites for hydroxylation is 2. The maximum absolute atomic E-state index is 12.9. The summed E-state index contributed by atoms with van der Waals surface area (Å²) in [4.78, 5) is 30.4. The zero-order valence-corrected chi connectivity index (χ0v) is 16.2. The number of H-pyrrole nitrogens is 1. The first-order valence-electron chi connectivity index (χ1n) is 9.65. The van der Waals surface area contributed by atoms with Gasteiger partial charge in [-0.3, -0.25) is 4.79 Å². The highest BCUT2D eigenvalue weighted by molar-refractivity contribution is 5.97. The van der Waals surface area contributed by atoms with Gasteiger partial charge in [0.1, 0.15) is 0 Å². The monoisotopic (exact) mass is 376 g/mol. The number of aromatic nitrogens is 1. The van der Waals surface area contributed by atoms with E-state index in [4.69, 9.17) is 4.74 Å². The molecule has 0 radical (unpaired) electrons. The molecule has 1 heterocycles. The molecule has 1 aromatic heterocycles. The number of hydrogen-bond acceptors (Lipinski definition) is 3. The largest absolute Gasteiger partial charge is 0.444 e. The Kier molecular flexibility index (Phi) is 4.90. The van der Waals surface area contributed by atoms with Crippen LogP contribution in [0.15, 0.2) is 48.5 Å². The molecular formula is C23H24N2O3. The van der Waals surface area contributed by atoms with Crippen LogP contribution in [0.4, 0.5) is 0 Å². The van der Waals surface area contributed by atoms with Gasteiger partial charge in [0, 0.05) is 36.3 Å². The molecule has 1 amide bonds. The maximum Gasteiger partial charge on any atom is 0.339 e. The second-order valence-electron chi connectivity index (χ2n) is 7.48. The van der Waals surface area contributed by atoms with E-state index in [1.807, 2.05) is 30.3 Å². The Balaban J connectivity index is 1.65. The molecule has 2 aromatic carbocycles. The van der Waals surface area contributed by atoms with E-state index >= 15 is 0 Å². The van der Waals surface area contributed by atoms with E-state index in [1.165, 1.54) is 29.0 Å². The second kappa shape index (κ2) is 7.50. The molecule has 1 atom stereocenters. The Morgan fingerprint density at radius 1 is 1.04 bits per heavy atom. The van der Waals surface area contributed by atoms with E-state index in [-0.39, 0.29) is 5.91 Å². The number of amides is 1. The Morgan fingerprint density at radius 2 is 1.79 bits per heavy atom. The van der Waals surface area contributed by atoms with Crippen molar-refractivity contribution >= 4 is 22.8 Å². The molecule has 1 aliphatic rings. The number of aromatic amines is 1. The first kappa shape index (κ1) is 18.3. The zero-order valence-electron chi connectivity index (χ0n) is 16.2. The summed E-state index contributed by atoms with van der Waals surface area (Å²) >= 11 is 0. The van der Waals surface area contributed by atoms with Crippen molar-refractivity contribution in [1.82, 2.24) is 9.88 Å². The zero-order chi connectivity index (χ0) is 19.7. The van der Waals surface area contributed by atoms with Crippen LogP contribution in [-0.2, 0) is 22.4 Å².